The number of hydrogen-bond acceptors (Lipinski definition) is 11. The summed E-state index contributed by atoms with van der Waals surface area (Å²) >= 11 is 0. The lowest BCUT2D eigenvalue weighted by Gasteiger charge is -2.41. The van der Waals surface area contributed by atoms with Crippen molar-refractivity contribution in [1.29, 1.82) is 0 Å². The van der Waals surface area contributed by atoms with Crippen LogP contribution in [0.4, 0.5) is 0 Å². The fourth-order valence-corrected chi connectivity index (χ4v) is 7.19. The molecule has 2 N–H and O–H groups in total. The summed E-state index contributed by atoms with van der Waals surface area (Å²) in [4.78, 5) is 29.1. The van der Waals surface area contributed by atoms with Crippen LogP contribution < -0.4 is 0 Å². The number of nitrogens with zero attached hydrogens (tertiary/aromatic N) is 2. The molecule has 12 heteroatoms. The lowest BCUT2D eigenvalue weighted by Crippen LogP contribution is -2.55. The van der Waals surface area contributed by atoms with Gasteiger partial charge in [-0.15, -0.1) is 0 Å². The lowest BCUT2D eigenvalue weighted by atomic mass is 9.65. The molecule has 1 aromatic heterocycles. The third kappa shape index (κ3) is 7.48. The smallest absolute Gasteiger partial charge is 0.331 e. The Kier molecular flexibility index (Phi) is 10.6. The Bertz CT molecular complexity index is 1430. The zero-order valence-electron chi connectivity index (χ0n) is 28.2. The van der Waals surface area contributed by atoms with Crippen molar-refractivity contribution in [3.63, 3.8) is 0 Å². The van der Waals surface area contributed by atoms with Gasteiger partial charge in [-0.25, -0.2) is 9.78 Å². The topological polar surface area (TPSA) is 148 Å². The first-order valence-electron chi connectivity index (χ1n) is 16.2. The maximum atomic E-state index is 13.3. The Labute approximate surface area is 276 Å². The third-order valence-electron chi connectivity index (χ3n) is 9.87. The molecule has 12 nitrogen and oxygen atoms in total. The summed E-state index contributed by atoms with van der Waals surface area (Å²) in [7, 11) is 3.40. The highest BCUT2D eigenvalue weighted by Crippen LogP contribution is 2.49. The first-order chi connectivity index (χ1) is 22.2. The van der Waals surface area contributed by atoms with Crippen molar-refractivity contribution >= 4 is 18.0 Å². The Hall–Kier alpha value is -3.13. The van der Waals surface area contributed by atoms with Gasteiger partial charge >= 0.3 is 11.9 Å². The van der Waals surface area contributed by atoms with Crippen LogP contribution in [-0.2, 0) is 45.1 Å². The number of carbonyl (C=O) groups excluding carboxylic acids is 2. The van der Waals surface area contributed by atoms with Gasteiger partial charge in [0.15, 0.2) is 12.4 Å². The zero-order chi connectivity index (χ0) is 34.1. The van der Waals surface area contributed by atoms with E-state index in [-0.39, 0.29) is 31.0 Å². The largest absolute Gasteiger partial charge is 0.457 e. The number of fused-ring (bicyclic) bond motifs is 3. The highest BCUT2D eigenvalue weighted by atomic mass is 16.7. The van der Waals surface area contributed by atoms with E-state index in [1.165, 1.54) is 18.6 Å². The van der Waals surface area contributed by atoms with E-state index in [0.29, 0.717) is 23.6 Å². The number of aromatic nitrogens is 2. The average Bonchev–Trinajstić information content (AvgIpc) is 3.61. The molecule has 0 amide bonds. The molecule has 0 saturated carbocycles. The molecule has 47 heavy (non-hydrogen) atoms. The molecule has 4 heterocycles. The number of ether oxygens (including phenoxy) is 6. The maximum absolute atomic E-state index is 13.3. The molecular formula is C35H48N2O10. The van der Waals surface area contributed by atoms with Gasteiger partial charge in [0.2, 0.25) is 5.79 Å². The molecule has 4 aliphatic rings. The molecule has 1 aromatic rings. The van der Waals surface area contributed by atoms with E-state index < -0.39 is 54.0 Å². The molecule has 0 radical (unpaired) electrons. The summed E-state index contributed by atoms with van der Waals surface area (Å²) in [5, 5.41) is 21.2. The van der Waals surface area contributed by atoms with Crippen molar-refractivity contribution < 1.29 is 48.2 Å². The minimum atomic E-state index is -1.43. The number of carbonyl (C=O) groups is 2. The second-order valence-electron chi connectivity index (χ2n) is 13.6. The molecule has 5 rings (SSSR count). The van der Waals surface area contributed by atoms with Gasteiger partial charge in [-0.2, -0.15) is 0 Å². The van der Waals surface area contributed by atoms with Crippen molar-refractivity contribution in [2.75, 3.05) is 20.3 Å². The van der Waals surface area contributed by atoms with Gasteiger partial charge in [-0.3, -0.25) is 4.79 Å². The van der Waals surface area contributed by atoms with Crippen molar-refractivity contribution in [2.24, 2.45) is 30.7 Å². The maximum Gasteiger partial charge on any atom is 0.331 e. The summed E-state index contributed by atoms with van der Waals surface area (Å²) in [5.74, 6) is -1.87. The van der Waals surface area contributed by atoms with Crippen molar-refractivity contribution in [2.45, 2.75) is 89.6 Å². The Morgan fingerprint density at radius 2 is 2.00 bits per heavy atom. The summed E-state index contributed by atoms with van der Waals surface area (Å²) < 4.78 is 37.8. The molecule has 1 saturated heterocycles. The van der Waals surface area contributed by atoms with Crippen molar-refractivity contribution in [1.82, 2.24) is 9.55 Å². The van der Waals surface area contributed by atoms with E-state index >= 15 is 0 Å². The number of rotatable bonds is 9. The quantitative estimate of drug-likeness (QED) is 0.229. The van der Waals surface area contributed by atoms with Crippen LogP contribution in [0.1, 0.15) is 53.2 Å². The average molecular weight is 657 g/mol. The second-order valence-corrected chi connectivity index (χ2v) is 13.6. The number of hydrogen-bond donors (Lipinski definition) is 2. The Morgan fingerprint density at radius 1 is 1.23 bits per heavy atom. The molecule has 2 bridgehead atoms. The van der Waals surface area contributed by atoms with Gasteiger partial charge in [0, 0.05) is 38.9 Å². The monoisotopic (exact) mass is 656 g/mol. The number of aryl methyl sites for hydroxylation is 1. The van der Waals surface area contributed by atoms with E-state index in [1.54, 1.807) is 30.3 Å². The van der Waals surface area contributed by atoms with Crippen LogP contribution >= 0.6 is 0 Å². The van der Waals surface area contributed by atoms with Crippen LogP contribution in [-0.4, -0.2) is 94.1 Å². The minimum absolute atomic E-state index is 0.0173. The van der Waals surface area contributed by atoms with E-state index in [0.717, 1.165) is 6.42 Å². The molecule has 3 aliphatic heterocycles. The fourth-order valence-electron chi connectivity index (χ4n) is 7.19. The van der Waals surface area contributed by atoms with E-state index in [9.17, 15) is 19.8 Å². The van der Waals surface area contributed by atoms with E-state index in [2.05, 4.69) is 37.9 Å². The van der Waals surface area contributed by atoms with Gasteiger partial charge in [0.1, 0.15) is 23.9 Å². The van der Waals surface area contributed by atoms with E-state index in [4.69, 9.17) is 28.4 Å². The van der Waals surface area contributed by atoms with Crippen LogP contribution in [0.2, 0.25) is 0 Å². The Morgan fingerprint density at radius 3 is 2.66 bits per heavy atom. The fraction of sp³-hybridized carbons (Fsp3) is 0.629. The number of esters is 2. The SMILES string of the molecule is CO[C@]12C=C[C@](C)(O1)[C@@H](OC(=O)/C=C/c1cn(C)cn1)C[C@H]1C(C)=CC[C@H](C(C)C)[C@@H]1C=C2CO[C@H]1OC[C@H](O)[C@@H](OC(C)=O)[C@@H]1O. The predicted octanol–water partition coefficient (Wildman–Crippen LogP) is 3.24. The van der Waals surface area contributed by atoms with Crippen LogP contribution in [0.15, 0.2) is 54.1 Å². The number of methoxy groups -OCH3 is 1. The molecule has 1 aliphatic carbocycles. The molecule has 1 fully saturated rings. The normalized spacial score (nSPS) is 37.1. The second kappa shape index (κ2) is 14.2. The van der Waals surface area contributed by atoms with Gasteiger partial charge < -0.3 is 43.2 Å². The van der Waals surface area contributed by atoms with Crippen LogP contribution in [0.3, 0.4) is 0 Å². The van der Waals surface area contributed by atoms with Crippen molar-refractivity contribution in [3.8, 4) is 0 Å². The Balaban J connectivity index is 1.47. The minimum Gasteiger partial charge on any atom is -0.457 e. The van der Waals surface area contributed by atoms with Gasteiger partial charge in [-0.1, -0.05) is 31.6 Å². The molecule has 0 aromatic carbocycles. The summed E-state index contributed by atoms with van der Waals surface area (Å²) in [5.41, 5.74) is 1.44. The van der Waals surface area contributed by atoms with Gasteiger partial charge in [0.05, 0.1) is 25.2 Å². The predicted molar refractivity (Wildman–Crippen MR) is 170 cm³/mol. The first kappa shape index (κ1) is 35.2. The van der Waals surface area contributed by atoms with Gasteiger partial charge in [0.25, 0.3) is 0 Å². The molecule has 0 unspecified atom stereocenters. The van der Waals surface area contributed by atoms with Crippen molar-refractivity contribution in [3.05, 3.63) is 59.7 Å². The third-order valence-corrected chi connectivity index (χ3v) is 9.87. The molecule has 0 spiro atoms. The van der Waals surface area contributed by atoms with Crippen LogP contribution in [0.25, 0.3) is 6.08 Å². The van der Waals surface area contributed by atoms with E-state index in [1.807, 2.05) is 26.1 Å². The summed E-state index contributed by atoms with van der Waals surface area (Å²) in [6.07, 6.45) is 10.3. The summed E-state index contributed by atoms with van der Waals surface area (Å²) in [6.45, 7) is 9.36. The highest BCUT2D eigenvalue weighted by molar-refractivity contribution is 5.86. The molecule has 258 valence electrons. The standard InChI is InChI=1S/C35H48N2O10/c1-20(2)25-10-8-21(3)26-15-29(46-30(40)11-9-24-16-37(6)19-36-24)34(5)12-13-35(42-7,47-34)23(14-27(25)26)17-43-33-31(41)32(45-22(4)38)28(39)18-44-33/h8-9,11-14,16,19-20,25-29,31-33,39,41H,10,15,17-18H2,1-7H3/b11-9+,23-14?/t25-,26+,27+,28+,29+,31+,32-,33+,34+,35-/m1/s1. The van der Waals surface area contributed by atoms with Crippen LogP contribution in [0, 0.1) is 23.7 Å². The lowest BCUT2D eigenvalue weighted by molar-refractivity contribution is -0.275. The number of imidazole rings is 1. The summed E-state index contributed by atoms with van der Waals surface area (Å²) in [6, 6.07) is 0. The van der Waals surface area contributed by atoms with Crippen LogP contribution in [0.5, 0.6) is 0 Å². The first-order valence-corrected chi connectivity index (χ1v) is 16.2. The molecule has 10 atom stereocenters. The number of aliphatic hydroxyl groups is 2. The van der Waals surface area contributed by atoms with Gasteiger partial charge in [-0.05, 0) is 68.6 Å². The molecular weight excluding hydrogens is 608 g/mol. The highest BCUT2D eigenvalue weighted by Gasteiger charge is 2.54. The number of allylic oxidation sites excluding steroid dienone is 3. The number of aliphatic hydroxyl groups excluding tert-OH is 2. The zero-order valence-corrected chi connectivity index (χ0v) is 28.2.